The highest BCUT2D eigenvalue weighted by molar-refractivity contribution is 7.80. The molecule has 0 saturated carbocycles. The van der Waals surface area contributed by atoms with Gasteiger partial charge in [0.25, 0.3) is 5.91 Å². The van der Waals surface area contributed by atoms with Crippen LogP contribution in [0.2, 0.25) is 10.0 Å². The lowest BCUT2D eigenvalue weighted by molar-refractivity contribution is -0.139. The number of anilines is 1. The fourth-order valence-electron chi connectivity index (χ4n) is 3.55. The number of ether oxygens (including phenoxy) is 1. The van der Waals surface area contributed by atoms with Gasteiger partial charge in [-0.25, -0.2) is 4.79 Å². The first kappa shape index (κ1) is 24.0. The minimum atomic E-state index is -0.514. The molecule has 2 aromatic rings. The summed E-state index contributed by atoms with van der Waals surface area (Å²) in [5.41, 5.74) is 2.82. The Morgan fingerprint density at radius 2 is 1.94 bits per heavy atom. The molecule has 0 radical (unpaired) electrons. The minimum absolute atomic E-state index is 0.258. The topological polar surface area (TPSA) is 70.7 Å². The van der Waals surface area contributed by atoms with Crippen LogP contribution in [0.3, 0.4) is 0 Å². The lowest BCUT2D eigenvalue weighted by Gasteiger charge is -2.37. The smallest absolute Gasteiger partial charge is 0.338 e. The highest BCUT2D eigenvalue weighted by Gasteiger charge is 2.34. The molecule has 2 N–H and O–H groups in total. The van der Waals surface area contributed by atoms with Gasteiger partial charge in [0, 0.05) is 23.0 Å². The molecular formula is C23H23Cl2N3O3S. The number of rotatable bonds is 6. The number of carbonyl (C=O) groups is 2. The van der Waals surface area contributed by atoms with Crippen LogP contribution in [-0.2, 0) is 9.53 Å². The lowest BCUT2D eigenvalue weighted by Crippen LogP contribution is -2.47. The van der Waals surface area contributed by atoms with Gasteiger partial charge in [-0.2, -0.15) is 0 Å². The number of halogens is 2. The zero-order valence-corrected chi connectivity index (χ0v) is 20.2. The quantitative estimate of drug-likeness (QED) is 0.420. The summed E-state index contributed by atoms with van der Waals surface area (Å²) in [6, 6.07) is 11.4. The van der Waals surface area contributed by atoms with Crippen LogP contribution in [0, 0.1) is 0 Å². The van der Waals surface area contributed by atoms with E-state index in [1.165, 1.54) is 6.07 Å². The summed E-state index contributed by atoms with van der Waals surface area (Å²) < 4.78 is 5.31. The minimum Gasteiger partial charge on any atom is -0.463 e. The largest absolute Gasteiger partial charge is 0.463 e. The van der Waals surface area contributed by atoms with Crippen molar-refractivity contribution in [2.75, 3.05) is 18.5 Å². The number of nitrogens with zero attached hydrogens (tertiary/aromatic N) is 1. The summed E-state index contributed by atoms with van der Waals surface area (Å²) in [6.07, 6.45) is 0. The summed E-state index contributed by atoms with van der Waals surface area (Å²) in [5, 5.41) is 7.29. The molecule has 1 aliphatic rings. The van der Waals surface area contributed by atoms with E-state index < -0.39 is 12.0 Å². The summed E-state index contributed by atoms with van der Waals surface area (Å²) in [6.45, 7) is 6.45. The number of benzene rings is 2. The van der Waals surface area contributed by atoms with E-state index in [4.69, 9.17) is 40.2 Å². The van der Waals surface area contributed by atoms with E-state index in [-0.39, 0.29) is 17.5 Å². The van der Waals surface area contributed by atoms with Crippen LogP contribution in [0.4, 0.5) is 5.69 Å². The Bertz CT molecular complexity index is 1100. The molecule has 6 nitrogen and oxygen atoms in total. The van der Waals surface area contributed by atoms with Gasteiger partial charge in [-0.1, -0.05) is 35.3 Å². The fraction of sp³-hybridized carbons (Fsp3) is 0.261. The van der Waals surface area contributed by atoms with Crippen molar-refractivity contribution in [1.82, 2.24) is 10.2 Å². The molecule has 0 spiro atoms. The van der Waals surface area contributed by atoms with E-state index in [0.29, 0.717) is 33.5 Å². The molecule has 1 heterocycles. The second-order valence-electron chi connectivity index (χ2n) is 7.05. The molecule has 0 aromatic heterocycles. The van der Waals surface area contributed by atoms with Crippen molar-refractivity contribution in [3.63, 3.8) is 0 Å². The molecule has 32 heavy (non-hydrogen) atoms. The molecule has 1 unspecified atom stereocenters. The molecule has 0 fully saturated rings. The zero-order chi connectivity index (χ0) is 23.4. The first-order valence-corrected chi connectivity index (χ1v) is 11.3. The molecule has 3 rings (SSSR count). The Hall–Kier alpha value is -2.61. The Labute approximate surface area is 202 Å². The van der Waals surface area contributed by atoms with Crippen LogP contribution < -0.4 is 10.6 Å². The number of esters is 1. The summed E-state index contributed by atoms with van der Waals surface area (Å²) in [4.78, 5) is 27.4. The predicted molar refractivity (Wildman–Crippen MR) is 131 cm³/mol. The third-order valence-corrected chi connectivity index (χ3v) is 5.95. The Kier molecular flexibility index (Phi) is 7.77. The number of allylic oxidation sites excluding steroid dienone is 1. The maximum absolute atomic E-state index is 12.8. The molecule has 1 atom stereocenters. The van der Waals surface area contributed by atoms with Crippen LogP contribution in [0.25, 0.3) is 0 Å². The van der Waals surface area contributed by atoms with Crippen molar-refractivity contribution in [3.05, 3.63) is 74.9 Å². The van der Waals surface area contributed by atoms with Gasteiger partial charge >= 0.3 is 5.97 Å². The second-order valence-corrected chi connectivity index (χ2v) is 8.28. The first-order chi connectivity index (χ1) is 15.3. The van der Waals surface area contributed by atoms with Crippen molar-refractivity contribution in [3.8, 4) is 0 Å². The van der Waals surface area contributed by atoms with Crippen molar-refractivity contribution < 1.29 is 14.3 Å². The second kappa shape index (κ2) is 10.3. The van der Waals surface area contributed by atoms with Gasteiger partial charge in [0.2, 0.25) is 0 Å². The van der Waals surface area contributed by atoms with Gasteiger partial charge in [0.05, 0.1) is 28.8 Å². The van der Waals surface area contributed by atoms with Crippen LogP contribution in [0.15, 0.2) is 53.7 Å². The highest BCUT2D eigenvalue weighted by atomic mass is 35.5. The highest BCUT2D eigenvalue weighted by Crippen LogP contribution is 2.32. The van der Waals surface area contributed by atoms with Gasteiger partial charge in [-0.3, -0.25) is 4.79 Å². The molecule has 2 aromatic carbocycles. The van der Waals surface area contributed by atoms with Gasteiger partial charge in [0.1, 0.15) is 0 Å². The average molecular weight is 492 g/mol. The Morgan fingerprint density at radius 1 is 1.19 bits per heavy atom. The van der Waals surface area contributed by atoms with Gasteiger partial charge < -0.3 is 20.3 Å². The molecule has 1 amide bonds. The number of carbonyl (C=O) groups excluding carboxylic acids is 2. The summed E-state index contributed by atoms with van der Waals surface area (Å²) in [5.74, 6) is -0.781. The van der Waals surface area contributed by atoms with Gasteiger partial charge in [-0.05, 0) is 68.9 Å². The normalized spacial score (nSPS) is 16.0. The number of nitrogens with one attached hydrogen (secondary N) is 2. The maximum atomic E-state index is 12.8. The molecule has 0 aliphatic carbocycles. The van der Waals surface area contributed by atoms with Crippen LogP contribution in [0.5, 0.6) is 0 Å². The first-order valence-electron chi connectivity index (χ1n) is 10.1. The molecule has 168 valence electrons. The maximum Gasteiger partial charge on any atom is 0.338 e. The van der Waals surface area contributed by atoms with E-state index in [0.717, 1.165) is 11.3 Å². The van der Waals surface area contributed by atoms with Crippen molar-refractivity contribution >= 4 is 58.1 Å². The standard InChI is InChI=1S/C23H23Cl2N3O3S/c1-4-28-13(3)19(22(30)31-5-2)20(27-23(28)32)14-7-6-8-16(11-14)26-21(29)17-10-9-15(24)12-18(17)25/h6-12,20H,4-5H2,1-3H3,(H,26,29)(H,27,32). The van der Waals surface area contributed by atoms with Gasteiger partial charge in [0.15, 0.2) is 5.11 Å². The van der Waals surface area contributed by atoms with Crippen LogP contribution in [0.1, 0.15) is 42.7 Å². The van der Waals surface area contributed by atoms with E-state index >= 15 is 0 Å². The third-order valence-electron chi connectivity index (χ3n) is 5.06. The monoisotopic (exact) mass is 491 g/mol. The predicted octanol–water partition coefficient (Wildman–Crippen LogP) is 5.33. The summed E-state index contributed by atoms with van der Waals surface area (Å²) >= 11 is 17.6. The Morgan fingerprint density at radius 3 is 2.59 bits per heavy atom. The van der Waals surface area contributed by atoms with Crippen molar-refractivity contribution in [2.24, 2.45) is 0 Å². The van der Waals surface area contributed by atoms with E-state index in [1.807, 2.05) is 24.8 Å². The fourth-order valence-corrected chi connectivity index (χ4v) is 4.43. The summed E-state index contributed by atoms with van der Waals surface area (Å²) in [7, 11) is 0. The molecule has 0 bridgehead atoms. The van der Waals surface area contributed by atoms with E-state index in [2.05, 4.69) is 10.6 Å². The number of amides is 1. The lowest BCUT2D eigenvalue weighted by atomic mass is 9.94. The number of hydrogen-bond acceptors (Lipinski definition) is 4. The Balaban J connectivity index is 1.94. The number of thiocarbonyl (C=S) groups is 1. The third kappa shape index (κ3) is 5.06. The van der Waals surface area contributed by atoms with Crippen LogP contribution >= 0.6 is 35.4 Å². The van der Waals surface area contributed by atoms with Gasteiger partial charge in [-0.15, -0.1) is 0 Å². The molecule has 9 heteroatoms. The van der Waals surface area contributed by atoms with Crippen LogP contribution in [-0.4, -0.2) is 35.0 Å². The average Bonchev–Trinajstić information content (AvgIpc) is 2.73. The van der Waals surface area contributed by atoms with Crippen molar-refractivity contribution in [2.45, 2.75) is 26.8 Å². The van der Waals surface area contributed by atoms with E-state index in [1.54, 1.807) is 37.3 Å². The molecule has 0 saturated heterocycles. The van der Waals surface area contributed by atoms with E-state index in [9.17, 15) is 9.59 Å². The number of hydrogen-bond donors (Lipinski definition) is 2. The molecule has 1 aliphatic heterocycles. The SMILES string of the molecule is CCOC(=O)C1=C(C)N(CC)C(=S)NC1c1cccc(NC(=O)c2ccc(Cl)cc2Cl)c1. The zero-order valence-electron chi connectivity index (χ0n) is 17.9. The van der Waals surface area contributed by atoms with Crippen molar-refractivity contribution in [1.29, 1.82) is 0 Å². The molecular weight excluding hydrogens is 469 g/mol.